The highest BCUT2D eigenvalue weighted by Crippen LogP contribution is 2.48. The monoisotopic (exact) mass is 1290 g/mol. The third-order valence-corrected chi connectivity index (χ3v) is 13.1. The summed E-state index contributed by atoms with van der Waals surface area (Å²) in [6, 6.07) is 21.8. The van der Waals surface area contributed by atoms with Gasteiger partial charge in [0.15, 0.2) is 0 Å². The van der Waals surface area contributed by atoms with Crippen LogP contribution in [0.5, 0.6) is 11.5 Å². The van der Waals surface area contributed by atoms with Gasteiger partial charge in [0.25, 0.3) is 0 Å². The van der Waals surface area contributed by atoms with Crippen LogP contribution < -0.4 is 9.47 Å². The van der Waals surface area contributed by atoms with Crippen LogP contribution in [0.1, 0.15) is 71.3 Å². The molecule has 2 saturated carbocycles. The largest absolute Gasteiger partial charge is 0.489 e. The molecule has 0 spiro atoms. The summed E-state index contributed by atoms with van der Waals surface area (Å²) in [7, 11) is -2.22. The Bertz CT molecular complexity index is 2480. The average molecular weight is 1300 g/mol. The topological polar surface area (TPSA) is 87.6 Å². The Hall–Kier alpha value is -3.84. The van der Waals surface area contributed by atoms with Gasteiger partial charge in [-0.05, 0) is 98.7 Å². The predicted molar refractivity (Wildman–Crippen MR) is 255 cm³/mol. The molecule has 32 heteroatoms. The molecule has 74 heavy (non-hydrogen) atoms. The fourth-order valence-corrected chi connectivity index (χ4v) is 9.76. The molecule has 0 amide bonds. The van der Waals surface area contributed by atoms with Crippen molar-refractivity contribution in [3.63, 3.8) is 0 Å². The number of hydrogen-bond acceptors (Lipinski definition) is 7. The summed E-state index contributed by atoms with van der Waals surface area (Å²) in [4.78, 5) is 0. The maximum Gasteiger partial charge on any atom is 0.147 e. The molecular weight excluding hydrogens is 1260 g/mol. The molecule has 0 unspecified atom stereocenters. The number of hydrogen-bond donors (Lipinski definition) is 0. The van der Waals surface area contributed by atoms with Crippen molar-refractivity contribution in [3.05, 3.63) is 137 Å². The molecular formula is C42H37BrCl6F17N2O5P. The van der Waals surface area contributed by atoms with Crippen LogP contribution in [0.4, 0.5) is 77.9 Å². The molecule has 4 aromatic carbocycles. The molecule has 8 rings (SSSR count). The molecule has 0 aliphatic heterocycles. The molecule has 0 saturated heterocycles. The van der Waals surface area contributed by atoms with Gasteiger partial charge in [-0.3, -0.25) is 4.70 Å². The first kappa shape index (κ1) is 74.4. The summed E-state index contributed by atoms with van der Waals surface area (Å²) in [5, 5.41) is 12.5. The van der Waals surface area contributed by atoms with E-state index in [4.69, 9.17) is 161 Å². The van der Waals surface area contributed by atoms with Crippen molar-refractivity contribution in [1.29, 1.82) is 0 Å². The molecule has 0 radical (unpaired) electrons. The zero-order chi connectivity index (χ0) is 56.4. The van der Waals surface area contributed by atoms with Crippen LogP contribution in [-0.4, -0.2) is 23.6 Å². The molecule has 418 valence electrons. The van der Waals surface area contributed by atoms with Crippen molar-refractivity contribution < 1.29 is 101 Å². The summed E-state index contributed by atoms with van der Waals surface area (Å²) in [5.41, 5.74) is 6.14. The lowest BCUT2D eigenvalue weighted by Crippen LogP contribution is -2.00. The van der Waals surface area contributed by atoms with E-state index in [0.29, 0.717) is 94.1 Å². The Balaban J connectivity index is -0.00000106. The minimum atomic E-state index is -2.22. The van der Waals surface area contributed by atoms with E-state index in [1.54, 1.807) is 55.8 Å². The van der Waals surface area contributed by atoms with Crippen LogP contribution in [-0.2, 0) is 29.3 Å². The van der Waals surface area contributed by atoms with E-state index in [0.717, 1.165) is 59.5 Å². The van der Waals surface area contributed by atoms with Crippen LogP contribution in [0.25, 0.3) is 22.5 Å². The number of rotatable bonds is 13. The minimum Gasteiger partial charge on any atom is -0.489 e. The summed E-state index contributed by atoms with van der Waals surface area (Å²) < 4.78 is 163. The smallest absolute Gasteiger partial charge is 0.147 e. The number of ether oxygens (including phenoxy) is 2. The van der Waals surface area contributed by atoms with Crippen LogP contribution in [0.15, 0.2) is 81.8 Å². The third kappa shape index (κ3) is 23.2. The second kappa shape index (κ2) is 41.3. The molecule has 2 aliphatic rings. The summed E-state index contributed by atoms with van der Waals surface area (Å²) in [5.74, 6) is 3.70. The molecule has 0 N–H and O–H groups in total. The van der Waals surface area contributed by atoms with Gasteiger partial charge in [-0.15, -0.1) is 0 Å². The first-order chi connectivity index (χ1) is 35.3. The van der Waals surface area contributed by atoms with Gasteiger partial charge in [-0.2, -0.15) is 0 Å². The number of nitrogens with zero attached hydrogens (tertiary/aromatic N) is 2. The van der Waals surface area contributed by atoms with Gasteiger partial charge in [-0.25, -0.2) is 0 Å². The lowest BCUT2D eigenvalue weighted by molar-refractivity contribution is 0.108. The van der Waals surface area contributed by atoms with E-state index in [2.05, 4.69) is 26.2 Å². The Labute approximate surface area is 448 Å². The number of alkyl halides is 1. The zero-order valence-corrected chi connectivity index (χ0v) is 44.2. The van der Waals surface area contributed by atoms with Crippen molar-refractivity contribution in [2.45, 2.75) is 62.2 Å². The summed E-state index contributed by atoms with van der Waals surface area (Å²) >= 11 is 41.6. The molecule has 0 atom stereocenters. The third-order valence-electron chi connectivity index (χ3n) is 9.44. The van der Waals surface area contributed by atoms with Crippen molar-refractivity contribution >= 4 is 92.7 Å². The molecule has 6 aromatic rings. The summed E-state index contributed by atoms with van der Waals surface area (Å²) in [6.45, 7) is 4.05. The molecule has 2 aliphatic carbocycles. The first-order valence-corrected chi connectivity index (χ1v) is 25.4. The average Bonchev–Trinajstić information content (AvgIpc) is 4.37. The second-order valence-electron chi connectivity index (χ2n) is 14.4. The van der Waals surface area contributed by atoms with Crippen LogP contribution in [0, 0.1) is 0 Å². The number of halogens is 24. The maximum atomic E-state index is 12.1. The van der Waals surface area contributed by atoms with E-state index in [1.165, 1.54) is 0 Å². The highest BCUT2D eigenvalue weighted by molar-refractivity contribution is 9.08. The Morgan fingerprint density at radius 1 is 0.527 bits per heavy atom. The Kier molecular flexibility index (Phi) is 41.6. The van der Waals surface area contributed by atoms with Gasteiger partial charge in [0.1, 0.15) is 47.6 Å². The quantitative estimate of drug-likeness (QED) is 0.0647. The molecule has 2 aromatic heterocycles. The SMILES string of the molecule is CP(C)(=O)Cc1ccc(OCc2c(-c3c(Cl)cccc3Cl)noc2C2CC2)cc1Cl.Clc1cc(OCc2c(-c3c(Cl)cccc3Cl)noc2C2CC2)ccc1CBr.F.FF.FF.FF.FF.FF.FF.FF.FF. The van der Waals surface area contributed by atoms with Crippen molar-refractivity contribution in [2.75, 3.05) is 13.3 Å². The Morgan fingerprint density at radius 2 is 0.838 bits per heavy atom. The zero-order valence-electron chi connectivity index (χ0n) is 37.2. The van der Waals surface area contributed by atoms with Crippen LogP contribution >= 0.6 is 92.7 Å². The number of aromatic nitrogens is 2. The van der Waals surface area contributed by atoms with Gasteiger partial charge < -0.3 is 23.1 Å². The maximum absolute atomic E-state index is 12.1. The normalized spacial score (nSPS) is 11.4. The van der Waals surface area contributed by atoms with Crippen molar-refractivity contribution in [1.82, 2.24) is 10.3 Å². The van der Waals surface area contributed by atoms with Crippen LogP contribution in [0.3, 0.4) is 0 Å². The lowest BCUT2D eigenvalue weighted by Gasteiger charge is -2.12. The first-order valence-electron chi connectivity index (χ1n) is 19.2. The standard InChI is InChI=1S/C22H21Cl3NO3P.C20H15BrCl3NO2.8F2.FH/c1-30(2,27)12-14-8-9-15(10-19(14)25)28-11-16-21(26-29-22(16)13-6-7-13)20-17(23)4-3-5-18(20)24;21-9-12-6-7-13(8-17(12)24)26-10-14-19(25-27-20(14)11-4-5-11)18-15(22)2-1-3-16(18)23;8*1-2;/h3-5,8-10,13H,6-7,11-12H2,1-2H3;1-3,6-8,11H,4-5,9-10H2;;;;;;;;;1H. The summed E-state index contributed by atoms with van der Waals surface area (Å²) in [6.07, 6.45) is 4.76. The van der Waals surface area contributed by atoms with Gasteiger partial charge in [0.2, 0.25) is 0 Å². The molecule has 0 bridgehead atoms. The van der Waals surface area contributed by atoms with E-state index in [1.807, 2.05) is 30.3 Å². The highest BCUT2D eigenvalue weighted by atomic mass is 79.9. The minimum absolute atomic E-state index is 0. The number of benzene rings is 4. The molecule has 2 heterocycles. The fourth-order valence-electron chi connectivity index (χ4n) is 6.29. The second-order valence-corrected chi connectivity index (χ2v) is 20.9. The van der Waals surface area contributed by atoms with E-state index < -0.39 is 7.14 Å². The van der Waals surface area contributed by atoms with Gasteiger partial charge >= 0.3 is 0 Å². The van der Waals surface area contributed by atoms with E-state index in [-0.39, 0.29) is 11.3 Å². The highest BCUT2D eigenvalue weighted by Gasteiger charge is 2.35. The van der Waals surface area contributed by atoms with Crippen molar-refractivity contribution in [2.24, 2.45) is 0 Å². The Morgan fingerprint density at radius 3 is 1.11 bits per heavy atom. The van der Waals surface area contributed by atoms with Gasteiger partial charge in [0, 0.05) is 118 Å². The van der Waals surface area contributed by atoms with E-state index in [9.17, 15) is 4.57 Å². The van der Waals surface area contributed by atoms with Crippen molar-refractivity contribution in [3.8, 4) is 34.0 Å². The van der Waals surface area contributed by atoms with Gasteiger partial charge in [-0.1, -0.05) is 120 Å². The van der Waals surface area contributed by atoms with Crippen LogP contribution in [0.2, 0.25) is 30.1 Å². The van der Waals surface area contributed by atoms with Gasteiger partial charge in [0.05, 0.1) is 38.4 Å². The molecule has 7 nitrogen and oxygen atoms in total. The fraction of sp³-hybridized carbons (Fsp3) is 0.286. The predicted octanol–water partition coefficient (Wildman–Crippen LogP) is 22.4. The lowest BCUT2D eigenvalue weighted by atomic mass is 10.0. The molecule has 2 fully saturated rings. The van der Waals surface area contributed by atoms with E-state index >= 15 is 0 Å².